The maximum absolute atomic E-state index is 13.2. The molecule has 0 aliphatic heterocycles. The van der Waals surface area contributed by atoms with E-state index in [9.17, 15) is 9.50 Å². The van der Waals surface area contributed by atoms with Crippen LogP contribution in [0.1, 0.15) is 11.7 Å². The molecule has 8 heteroatoms. The van der Waals surface area contributed by atoms with Gasteiger partial charge in [-0.25, -0.2) is 4.39 Å². The highest BCUT2D eigenvalue weighted by Gasteiger charge is 2.19. The molecule has 31 heavy (non-hydrogen) atoms. The van der Waals surface area contributed by atoms with Crippen LogP contribution in [0, 0.1) is 5.82 Å². The summed E-state index contributed by atoms with van der Waals surface area (Å²) >= 11 is 7.71. The summed E-state index contributed by atoms with van der Waals surface area (Å²) in [6.45, 7) is 0. The third kappa shape index (κ3) is 4.74. The molecule has 158 valence electrons. The number of aliphatic hydroxyl groups is 1. The Morgan fingerprint density at radius 1 is 1.06 bits per heavy atom. The maximum Gasteiger partial charge on any atom is 0.196 e. The van der Waals surface area contributed by atoms with Gasteiger partial charge in [0, 0.05) is 11.3 Å². The minimum absolute atomic E-state index is 0.322. The Labute approximate surface area is 188 Å². The normalized spacial score (nSPS) is 12.0. The Bertz CT molecular complexity index is 1170. The zero-order valence-electron chi connectivity index (χ0n) is 16.6. The van der Waals surface area contributed by atoms with Crippen molar-refractivity contribution >= 4 is 23.4 Å². The third-order valence-corrected chi connectivity index (χ3v) is 5.98. The first kappa shape index (κ1) is 21.4. The molecule has 0 unspecified atom stereocenters. The molecular formula is C23H19ClFN3O2S. The van der Waals surface area contributed by atoms with Crippen LogP contribution in [0.5, 0.6) is 5.75 Å². The van der Waals surface area contributed by atoms with Crippen LogP contribution >= 0.6 is 23.4 Å². The Morgan fingerprint density at radius 3 is 2.48 bits per heavy atom. The lowest BCUT2D eigenvalue weighted by Crippen LogP contribution is -2.04. The summed E-state index contributed by atoms with van der Waals surface area (Å²) in [4.78, 5) is 0. The van der Waals surface area contributed by atoms with E-state index in [1.807, 2.05) is 41.0 Å². The zero-order valence-corrected chi connectivity index (χ0v) is 18.1. The van der Waals surface area contributed by atoms with Crippen molar-refractivity contribution in [1.82, 2.24) is 14.8 Å². The molecule has 0 aliphatic rings. The molecule has 1 aromatic heterocycles. The van der Waals surface area contributed by atoms with Gasteiger partial charge in [0.25, 0.3) is 0 Å². The molecule has 5 nitrogen and oxygen atoms in total. The summed E-state index contributed by atoms with van der Waals surface area (Å²) in [5, 5.41) is 20.3. The van der Waals surface area contributed by atoms with Crippen molar-refractivity contribution in [3.8, 4) is 22.8 Å². The van der Waals surface area contributed by atoms with Crippen molar-refractivity contribution < 1.29 is 14.2 Å². The summed E-state index contributed by atoms with van der Waals surface area (Å²) in [7, 11) is 1.56. The second-order valence-electron chi connectivity index (χ2n) is 6.70. The monoisotopic (exact) mass is 455 g/mol. The maximum atomic E-state index is 13.2. The Kier molecular flexibility index (Phi) is 6.56. The summed E-state index contributed by atoms with van der Waals surface area (Å²) in [6, 6.07) is 21.0. The van der Waals surface area contributed by atoms with Crippen LogP contribution < -0.4 is 4.74 Å². The average Bonchev–Trinajstić information content (AvgIpc) is 3.22. The van der Waals surface area contributed by atoms with Gasteiger partial charge in [-0.15, -0.1) is 10.2 Å². The molecule has 0 fully saturated rings. The quantitative estimate of drug-likeness (QED) is 0.369. The van der Waals surface area contributed by atoms with Gasteiger partial charge < -0.3 is 9.84 Å². The molecule has 0 saturated carbocycles. The Balaban J connectivity index is 1.68. The van der Waals surface area contributed by atoms with E-state index < -0.39 is 6.10 Å². The van der Waals surface area contributed by atoms with Gasteiger partial charge in [0.05, 0.1) is 23.9 Å². The number of benzene rings is 3. The van der Waals surface area contributed by atoms with Gasteiger partial charge in [0.2, 0.25) is 0 Å². The largest absolute Gasteiger partial charge is 0.495 e. The van der Waals surface area contributed by atoms with Crippen molar-refractivity contribution in [3.63, 3.8) is 0 Å². The second kappa shape index (κ2) is 9.51. The summed E-state index contributed by atoms with van der Waals surface area (Å²) in [5.74, 6) is 1.20. The van der Waals surface area contributed by atoms with Crippen molar-refractivity contribution in [1.29, 1.82) is 0 Å². The number of hydrogen-bond acceptors (Lipinski definition) is 5. The van der Waals surface area contributed by atoms with E-state index in [0.717, 1.165) is 11.3 Å². The van der Waals surface area contributed by atoms with E-state index in [1.54, 1.807) is 31.4 Å². The molecule has 0 spiro atoms. The number of rotatable bonds is 7. The lowest BCUT2D eigenvalue weighted by Gasteiger charge is -2.14. The highest BCUT2D eigenvalue weighted by Crippen LogP contribution is 2.33. The van der Waals surface area contributed by atoms with Gasteiger partial charge in [-0.2, -0.15) is 0 Å². The Morgan fingerprint density at radius 2 is 1.81 bits per heavy atom. The predicted octanol–water partition coefficient (Wildman–Crippen LogP) is 5.56. The Hall–Kier alpha value is -2.87. The van der Waals surface area contributed by atoms with Crippen molar-refractivity contribution in [2.75, 3.05) is 12.9 Å². The number of thioether (sulfide) groups is 1. The molecule has 0 radical (unpaired) electrons. The lowest BCUT2D eigenvalue weighted by atomic mass is 10.1. The standard InChI is InChI=1S/C23H19ClFN3O2S/c1-30-21-12-11-18(13-19(21)24)28-22(16-5-3-2-4-6-16)26-27-23(28)31-14-20(29)15-7-9-17(25)10-8-15/h2-13,20,29H,14H2,1H3/t20-/m1/s1. The molecule has 4 aromatic rings. The number of nitrogens with zero attached hydrogens (tertiary/aromatic N) is 3. The second-order valence-corrected chi connectivity index (χ2v) is 8.10. The molecule has 0 saturated heterocycles. The summed E-state index contributed by atoms with van der Waals surface area (Å²) in [5.41, 5.74) is 2.30. The fourth-order valence-electron chi connectivity index (χ4n) is 3.10. The van der Waals surface area contributed by atoms with Crippen LogP contribution in [0.25, 0.3) is 17.1 Å². The van der Waals surface area contributed by atoms with E-state index in [1.165, 1.54) is 23.9 Å². The van der Waals surface area contributed by atoms with E-state index in [-0.39, 0.29) is 5.82 Å². The van der Waals surface area contributed by atoms with Crippen LogP contribution in [0.2, 0.25) is 5.02 Å². The first-order valence-corrected chi connectivity index (χ1v) is 10.8. The molecule has 1 heterocycles. The van der Waals surface area contributed by atoms with Gasteiger partial charge in [-0.1, -0.05) is 65.8 Å². The number of halogens is 2. The van der Waals surface area contributed by atoms with E-state index >= 15 is 0 Å². The fraction of sp³-hybridized carbons (Fsp3) is 0.130. The SMILES string of the molecule is COc1ccc(-n2c(SC[C@@H](O)c3ccc(F)cc3)nnc2-c2ccccc2)cc1Cl. The molecule has 1 N–H and O–H groups in total. The molecule has 1 atom stereocenters. The number of aliphatic hydroxyl groups excluding tert-OH is 1. The van der Waals surface area contributed by atoms with E-state index in [4.69, 9.17) is 16.3 Å². The predicted molar refractivity (Wildman–Crippen MR) is 120 cm³/mol. The molecule has 0 amide bonds. The molecule has 0 bridgehead atoms. The van der Waals surface area contributed by atoms with Gasteiger partial charge in [-0.05, 0) is 35.9 Å². The van der Waals surface area contributed by atoms with Crippen LogP contribution in [-0.2, 0) is 0 Å². The minimum atomic E-state index is -0.782. The van der Waals surface area contributed by atoms with Gasteiger partial charge >= 0.3 is 0 Å². The molecule has 4 rings (SSSR count). The topological polar surface area (TPSA) is 60.2 Å². The van der Waals surface area contributed by atoms with Crippen molar-refractivity contribution in [3.05, 3.63) is 89.2 Å². The highest BCUT2D eigenvalue weighted by molar-refractivity contribution is 7.99. The van der Waals surface area contributed by atoms with Gasteiger partial charge in [0.1, 0.15) is 11.6 Å². The molecule has 3 aromatic carbocycles. The van der Waals surface area contributed by atoms with Crippen LogP contribution in [0.4, 0.5) is 4.39 Å². The summed E-state index contributed by atoms with van der Waals surface area (Å²) < 4.78 is 20.3. The first-order chi connectivity index (χ1) is 15.1. The van der Waals surface area contributed by atoms with E-state index in [2.05, 4.69) is 10.2 Å². The van der Waals surface area contributed by atoms with E-state index in [0.29, 0.717) is 33.1 Å². The smallest absolute Gasteiger partial charge is 0.196 e. The number of hydrogen-bond donors (Lipinski definition) is 1. The third-order valence-electron chi connectivity index (χ3n) is 4.68. The molecule has 0 aliphatic carbocycles. The van der Waals surface area contributed by atoms with Gasteiger partial charge in [-0.3, -0.25) is 4.57 Å². The number of ether oxygens (including phenoxy) is 1. The van der Waals surface area contributed by atoms with Gasteiger partial charge in [0.15, 0.2) is 11.0 Å². The summed E-state index contributed by atoms with van der Waals surface area (Å²) in [6.07, 6.45) is -0.782. The molecular weight excluding hydrogens is 437 g/mol. The van der Waals surface area contributed by atoms with Crippen LogP contribution in [0.15, 0.2) is 78.0 Å². The van der Waals surface area contributed by atoms with Crippen molar-refractivity contribution in [2.24, 2.45) is 0 Å². The zero-order chi connectivity index (χ0) is 21.8. The highest BCUT2D eigenvalue weighted by atomic mass is 35.5. The van der Waals surface area contributed by atoms with Crippen molar-refractivity contribution in [2.45, 2.75) is 11.3 Å². The first-order valence-electron chi connectivity index (χ1n) is 9.48. The van der Waals surface area contributed by atoms with Crippen LogP contribution in [-0.4, -0.2) is 32.7 Å². The number of aromatic nitrogens is 3. The minimum Gasteiger partial charge on any atom is -0.495 e. The number of methoxy groups -OCH3 is 1. The fourth-order valence-corrected chi connectivity index (χ4v) is 4.27. The lowest BCUT2D eigenvalue weighted by molar-refractivity contribution is 0.204. The average molecular weight is 456 g/mol. The van der Waals surface area contributed by atoms with Crippen LogP contribution in [0.3, 0.4) is 0 Å².